The maximum atomic E-state index is 12.7. The number of carbonyl (C=O) groups excluding carboxylic acids is 1. The molecule has 1 aliphatic heterocycles. The van der Waals surface area contributed by atoms with Gasteiger partial charge in [-0.05, 0) is 24.6 Å². The third-order valence-electron chi connectivity index (χ3n) is 3.90. The van der Waals surface area contributed by atoms with Gasteiger partial charge in [0.1, 0.15) is 4.88 Å². The number of aromatic nitrogens is 1. The van der Waals surface area contributed by atoms with E-state index in [2.05, 4.69) is 4.98 Å². The second-order valence-electron chi connectivity index (χ2n) is 5.65. The van der Waals surface area contributed by atoms with E-state index in [9.17, 15) is 18.0 Å². The van der Waals surface area contributed by atoms with Gasteiger partial charge in [-0.2, -0.15) is 13.2 Å². The summed E-state index contributed by atoms with van der Waals surface area (Å²) in [5.41, 5.74) is 0.509. The fourth-order valence-corrected chi connectivity index (χ4v) is 3.68. The van der Waals surface area contributed by atoms with Gasteiger partial charge in [-0.3, -0.25) is 4.79 Å². The number of thiazole rings is 1. The zero-order chi connectivity index (χ0) is 18.0. The van der Waals surface area contributed by atoms with Gasteiger partial charge in [0.25, 0.3) is 5.91 Å². The lowest BCUT2D eigenvalue weighted by Gasteiger charge is -2.22. The first kappa shape index (κ1) is 18.0. The number of halogens is 4. The van der Waals surface area contributed by atoms with Crippen LogP contribution in [-0.2, 0) is 6.18 Å². The quantitative estimate of drug-likeness (QED) is 0.773. The molecule has 0 unspecified atom stereocenters. The summed E-state index contributed by atoms with van der Waals surface area (Å²) < 4.78 is 38.2. The van der Waals surface area contributed by atoms with Gasteiger partial charge < -0.3 is 9.80 Å². The highest BCUT2D eigenvalue weighted by atomic mass is 35.5. The lowest BCUT2D eigenvalue weighted by Crippen LogP contribution is -2.35. The smallest absolute Gasteiger partial charge is 0.346 e. The van der Waals surface area contributed by atoms with Gasteiger partial charge in [-0.1, -0.05) is 29.0 Å². The van der Waals surface area contributed by atoms with Crippen LogP contribution in [0.4, 0.5) is 18.3 Å². The number of hydrogen-bond donors (Lipinski definition) is 0. The van der Waals surface area contributed by atoms with Gasteiger partial charge in [0.05, 0.1) is 6.20 Å². The Labute approximate surface area is 151 Å². The largest absolute Gasteiger partial charge is 0.427 e. The number of carbonyl (C=O) groups is 1. The topological polar surface area (TPSA) is 36.4 Å². The Hall–Kier alpha value is -1.80. The summed E-state index contributed by atoms with van der Waals surface area (Å²) in [6, 6.07) is 6.73. The predicted molar refractivity (Wildman–Crippen MR) is 91.3 cm³/mol. The highest BCUT2D eigenvalue weighted by Gasteiger charge is 2.34. The van der Waals surface area contributed by atoms with E-state index >= 15 is 0 Å². The van der Waals surface area contributed by atoms with Gasteiger partial charge in [-0.15, -0.1) is 0 Å². The summed E-state index contributed by atoms with van der Waals surface area (Å²) in [6.45, 7) is 1.97. The molecule has 0 N–H and O–H groups in total. The average Bonchev–Trinajstić information content (AvgIpc) is 2.94. The van der Waals surface area contributed by atoms with E-state index in [4.69, 9.17) is 11.6 Å². The molecule has 1 fully saturated rings. The molecule has 1 aliphatic rings. The maximum Gasteiger partial charge on any atom is 0.427 e. The lowest BCUT2D eigenvalue weighted by molar-refractivity contribution is -0.134. The molecule has 134 valence electrons. The number of rotatable bonds is 2. The number of alkyl halides is 3. The molecule has 1 saturated heterocycles. The van der Waals surface area contributed by atoms with E-state index in [1.807, 2.05) is 0 Å². The second-order valence-corrected chi connectivity index (χ2v) is 7.09. The van der Waals surface area contributed by atoms with Crippen molar-refractivity contribution >= 4 is 34.0 Å². The minimum absolute atomic E-state index is 0.125. The summed E-state index contributed by atoms with van der Waals surface area (Å²) in [6.07, 6.45) is -2.86. The molecule has 2 aromatic rings. The van der Waals surface area contributed by atoms with Gasteiger partial charge in [0, 0.05) is 36.8 Å². The minimum Gasteiger partial charge on any atom is -0.346 e. The number of amides is 1. The van der Waals surface area contributed by atoms with Gasteiger partial charge in [-0.25, -0.2) is 4.98 Å². The molecule has 3 rings (SSSR count). The molecule has 4 nitrogen and oxygen atoms in total. The van der Waals surface area contributed by atoms with Crippen molar-refractivity contribution in [1.82, 2.24) is 9.88 Å². The highest BCUT2D eigenvalue weighted by molar-refractivity contribution is 7.15. The van der Waals surface area contributed by atoms with Crippen molar-refractivity contribution in [2.75, 3.05) is 31.1 Å². The van der Waals surface area contributed by atoms with E-state index in [0.29, 0.717) is 59.7 Å². The molecule has 1 aromatic heterocycles. The van der Waals surface area contributed by atoms with E-state index in [0.717, 1.165) is 6.20 Å². The maximum absolute atomic E-state index is 12.7. The van der Waals surface area contributed by atoms with Gasteiger partial charge >= 0.3 is 6.18 Å². The van der Waals surface area contributed by atoms with Gasteiger partial charge in [0.2, 0.25) is 0 Å². The summed E-state index contributed by atoms with van der Waals surface area (Å²) in [7, 11) is 0. The first-order valence-electron chi connectivity index (χ1n) is 7.67. The summed E-state index contributed by atoms with van der Waals surface area (Å²) in [5, 5.41) is 0.828. The van der Waals surface area contributed by atoms with E-state index in [1.165, 1.54) is 0 Å². The molecule has 0 spiro atoms. The van der Waals surface area contributed by atoms with E-state index in [-0.39, 0.29) is 5.91 Å². The molecule has 25 heavy (non-hydrogen) atoms. The van der Waals surface area contributed by atoms with Crippen LogP contribution in [0.5, 0.6) is 0 Å². The Morgan fingerprint density at radius 3 is 2.68 bits per heavy atom. The van der Waals surface area contributed by atoms with Crippen molar-refractivity contribution in [3.8, 4) is 0 Å². The van der Waals surface area contributed by atoms with Crippen LogP contribution in [0.15, 0.2) is 30.5 Å². The van der Waals surface area contributed by atoms with E-state index < -0.39 is 11.1 Å². The fraction of sp³-hybridized carbons (Fsp3) is 0.375. The Bertz CT molecular complexity index is 765. The Kier molecular flexibility index (Phi) is 5.19. The summed E-state index contributed by atoms with van der Waals surface area (Å²) >= 11 is 6.56. The van der Waals surface area contributed by atoms with Gasteiger partial charge in [0.15, 0.2) is 5.13 Å². The van der Waals surface area contributed by atoms with Crippen LogP contribution in [0.2, 0.25) is 5.02 Å². The third-order valence-corrected chi connectivity index (χ3v) is 5.24. The summed E-state index contributed by atoms with van der Waals surface area (Å²) in [4.78, 5) is 19.2. The van der Waals surface area contributed by atoms with Crippen LogP contribution in [0.25, 0.3) is 0 Å². The standard InChI is InChI=1S/C16H15ClF3N3OS/c17-12-4-1-3-11(9-12)14(24)22-5-2-6-23(8-7-22)15-21-10-13(25-15)16(18,19)20/h1,3-4,9-10H,2,5-8H2. The first-order chi connectivity index (χ1) is 11.8. The molecule has 0 aliphatic carbocycles. The zero-order valence-electron chi connectivity index (χ0n) is 13.1. The molecular formula is C16H15ClF3N3OS. The van der Waals surface area contributed by atoms with Crippen LogP contribution >= 0.6 is 22.9 Å². The molecule has 0 radical (unpaired) electrons. The number of benzene rings is 1. The number of nitrogens with zero attached hydrogens (tertiary/aromatic N) is 3. The lowest BCUT2D eigenvalue weighted by atomic mass is 10.2. The Morgan fingerprint density at radius 1 is 1.20 bits per heavy atom. The third kappa shape index (κ3) is 4.24. The van der Waals surface area contributed by atoms with Crippen molar-refractivity contribution in [3.05, 3.63) is 45.9 Å². The fourth-order valence-electron chi connectivity index (χ4n) is 2.66. The summed E-state index contributed by atoms with van der Waals surface area (Å²) in [5.74, 6) is -0.125. The van der Waals surface area contributed by atoms with Crippen molar-refractivity contribution in [2.45, 2.75) is 12.6 Å². The molecule has 0 saturated carbocycles. The minimum atomic E-state index is -4.38. The Morgan fingerprint density at radius 2 is 2.00 bits per heavy atom. The molecule has 0 bridgehead atoms. The van der Waals surface area contributed by atoms with Crippen LogP contribution in [0.3, 0.4) is 0 Å². The number of anilines is 1. The van der Waals surface area contributed by atoms with Crippen molar-refractivity contribution in [1.29, 1.82) is 0 Å². The van der Waals surface area contributed by atoms with Crippen LogP contribution in [0, 0.1) is 0 Å². The molecule has 9 heteroatoms. The zero-order valence-corrected chi connectivity index (χ0v) is 14.7. The predicted octanol–water partition coefficient (Wildman–Crippen LogP) is 4.17. The van der Waals surface area contributed by atoms with Crippen molar-refractivity contribution < 1.29 is 18.0 Å². The second kappa shape index (κ2) is 7.21. The SMILES string of the molecule is O=C(c1cccc(Cl)c1)N1CCCN(c2ncc(C(F)(F)F)s2)CC1. The van der Waals surface area contributed by atoms with E-state index in [1.54, 1.807) is 34.1 Å². The molecular weight excluding hydrogens is 375 g/mol. The van der Waals surface area contributed by atoms with Crippen molar-refractivity contribution in [3.63, 3.8) is 0 Å². The molecule has 1 amide bonds. The van der Waals surface area contributed by atoms with Crippen molar-refractivity contribution in [2.24, 2.45) is 0 Å². The Balaban J connectivity index is 1.68. The normalized spacial score (nSPS) is 16.0. The highest BCUT2D eigenvalue weighted by Crippen LogP contribution is 2.36. The monoisotopic (exact) mass is 389 g/mol. The molecule has 2 heterocycles. The molecule has 0 atom stereocenters. The van der Waals surface area contributed by atoms with Crippen LogP contribution in [-0.4, -0.2) is 42.0 Å². The van der Waals surface area contributed by atoms with Crippen LogP contribution < -0.4 is 4.90 Å². The number of hydrogen-bond acceptors (Lipinski definition) is 4. The first-order valence-corrected chi connectivity index (χ1v) is 8.87. The molecule has 1 aromatic carbocycles. The van der Waals surface area contributed by atoms with Crippen LogP contribution in [0.1, 0.15) is 21.7 Å². The average molecular weight is 390 g/mol.